The van der Waals surface area contributed by atoms with Crippen molar-refractivity contribution < 1.29 is 14.3 Å². The van der Waals surface area contributed by atoms with Gasteiger partial charge in [0.25, 0.3) is 0 Å². The minimum atomic E-state index is -0.425. The number of ketones is 1. The SMILES string of the molecule is COC(C)C(=O)c1ccc(OCc2ccccc2)cc1. The monoisotopic (exact) mass is 270 g/mol. The third kappa shape index (κ3) is 3.68. The first kappa shape index (κ1) is 14.3. The molecule has 3 nitrogen and oxygen atoms in total. The number of hydrogen-bond acceptors (Lipinski definition) is 3. The molecule has 0 fully saturated rings. The maximum atomic E-state index is 11.9. The first-order valence-corrected chi connectivity index (χ1v) is 6.54. The summed E-state index contributed by atoms with van der Waals surface area (Å²) in [6.07, 6.45) is -0.425. The topological polar surface area (TPSA) is 35.5 Å². The van der Waals surface area contributed by atoms with Gasteiger partial charge in [-0.25, -0.2) is 0 Å². The summed E-state index contributed by atoms with van der Waals surface area (Å²) in [5.74, 6) is 0.720. The van der Waals surface area contributed by atoms with Crippen molar-refractivity contribution in [2.45, 2.75) is 19.6 Å². The standard InChI is InChI=1S/C17H18O3/c1-13(19-2)17(18)15-8-10-16(11-9-15)20-12-14-6-4-3-5-7-14/h3-11,13H,12H2,1-2H3. The molecule has 0 spiro atoms. The molecular formula is C17H18O3. The highest BCUT2D eigenvalue weighted by atomic mass is 16.5. The van der Waals surface area contributed by atoms with E-state index in [2.05, 4.69) is 0 Å². The molecule has 2 aromatic rings. The summed E-state index contributed by atoms with van der Waals surface area (Å²) in [6, 6.07) is 17.1. The average Bonchev–Trinajstić information content (AvgIpc) is 2.53. The fourth-order valence-corrected chi connectivity index (χ4v) is 1.80. The molecule has 0 saturated carbocycles. The van der Waals surface area contributed by atoms with Crippen molar-refractivity contribution in [2.24, 2.45) is 0 Å². The zero-order valence-electron chi connectivity index (χ0n) is 11.7. The van der Waals surface area contributed by atoms with Crippen molar-refractivity contribution in [2.75, 3.05) is 7.11 Å². The molecule has 0 aliphatic heterocycles. The van der Waals surface area contributed by atoms with E-state index in [9.17, 15) is 4.79 Å². The molecule has 0 radical (unpaired) electrons. The predicted octanol–water partition coefficient (Wildman–Crippen LogP) is 3.48. The molecule has 1 atom stereocenters. The number of Topliss-reactive ketones (excluding diaryl/α,β-unsaturated/α-hetero) is 1. The molecule has 0 aromatic heterocycles. The highest BCUT2D eigenvalue weighted by molar-refractivity contribution is 5.99. The molecule has 0 heterocycles. The highest BCUT2D eigenvalue weighted by Crippen LogP contribution is 2.15. The number of hydrogen-bond donors (Lipinski definition) is 0. The Bertz CT molecular complexity index is 546. The van der Waals surface area contributed by atoms with Gasteiger partial charge in [-0.3, -0.25) is 4.79 Å². The summed E-state index contributed by atoms with van der Waals surface area (Å²) in [7, 11) is 1.53. The zero-order valence-corrected chi connectivity index (χ0v) is 11.7. The van der Waals surface area contributed by atoms with E-state index in [-0.39, 0.29) is 5.78 Å². The van der Waals surface area contributed by atoms with Crippen molar-refractivity contribution in [3.8, 4) is 5.75 Å². The van der Waals surface area contributed by atoms with Gasteiger partial charge in [0.05, 0.1) is 0 Å². The predicted molar refractivity (Wildman–Crippen MR) is 78.0 cm³/mol. The first-order chi connectivity index (χ1) is 9.70. The van der Waals surface area contributed by atoms with Crippen LogP contribution < -0.4 is 4.74 Å². The maximum absolute atomic E-state index is 11.9. The number of carbonyl (C=O) groups is 1. The van der Waals surface area contributed by atoms with E-state index in [1.54, 1.807) is 31.2 Å². The number of carbonyl (C=O) groups excluding carboxylic acids is 1. The molecule has 0 aliphatic carbocycles. The van der Waals surface area contributed by atoms with Crippen LogP contribution in [0, 0.1) is 0 Å². The smallest absolute Gasteiger partial charge is 0.191 e. The lowest BCUT2D eigenvalue weighted by Crippen LogP contribution is -2.18. The molecule has 0 aliphatic rings. The Morgan fingerprint density at radius 2 is 1.70 bits per heavy atom. The van der Waals surface area contributed by atoms with E-state index in [1.807, 2.05) is 30.3 Å². The molecule has 1 unspecified atom stereocenters. The summed E-state index contributed by atoms with van der Waals surface area (Å²) >= 11 is 0. The molecule has 3 heteroatoms. The van der Waals surface area contributed by atoms with Crippen LogP contribution in [-0.2, 0) is 11.3 Å². The second-order valence-electron chi connectivity index (χ2n) is 4.54. The fraction of sp³-hybridized carbons (Fsp3) is 0.235. The van der Waals surface area contributed by atoms with Crippen molar-refractivity contribution in [1.82, 2.24) is 0 Å². The van der Waals surface area contributed by atoms with Crippen LogP contribution in [-0.4, -0.2) is 19.0 Å². The van der Waals surface area contributed by atoms with Gasteiger partial charge in [0.2, 0.25) is 0 Å². The van der Waals surface area contributed by atoms with Crippen LogP contribution in [0.1, 0.15) is 22.8 Å². The first-order valence-electron chi connectivity index (χ1n) is 6.54. The van der Waals surface area contributed by atoms with Crippen LogP contribution in [0.2, 0.25) is 0 Å². The molecule has 20 heavy (non-hydrogen) atoms. The van der Waals surface area contributed by atoms with Crippen LogP contribution in [0.4, 0.5) is 0 Å². The van der Waals surface area contributed by atoms with Crippen LogP contribution in [0.25, 0.3) is 0 Å². The van der Waals surface area contributed by atoms with Crippen molar-refractivity contribution in [1.29, 1.82) is 0 Å². The minimum Gasteiger partial charge on any atom is -0.489 e. The molecule has 104 valence electrons. The minimum absolute atomic E-state index is 0.0258. The molecule has 0 N–H and O–H groups in total. The van der Waals surface area contributed by atoms with Gasteiger partial charge in [0, 0.05) is 12.7 Å². The van der Waals surface area contributed by atoms with Crippen LogP contribution >= 0.6 is 0 Å². The van der Waals surface area contributed by atoms with Gasteiger partial charge in [0.15, 0.2) is 5.78 Å². The van der Waals surface area contributed by atoms with Gasteiger partial charge < -0.3 is 9.47 Å². The molecule has 0 amide bonds. The second kappa shape index (κ2) is 6.87. The van der Waals surface area contributed by atoms with Crippen LogP contribution in [0.3, 0.4) is 0 Å². The maximum Gasteiger partial charge on any atom is 0.191 e. The van der Waals surface area contributed by atoms with E-state index in [1.165, 1.54) is 7.11 Å². The van der Waals surface area contributed by atoms with Crippen molar-refractivity contribution in [3.63, 3.8) is 0 Å². The molecule has 0 bridgehead atoms. The summed E-state index contributed by atoms with van der Waals surface area (Å²) in [5.41, 5.74) is 1.74. The van der Waals surface area contributed by atoms with E-state index >= 15 is 0 Å². The Labute approximate surface area is 119 Å². The Kier molecular flexibility index (Phi) is 4.91. The van der Waals surface area contributed by atoms with Gasteiger partial charge in [-0.1, -0.05) is 30.3 Å². The van der Waals surface area contributed by atoms with Gasteiger partial charge in [-0.05, 0) is 36.8 Å². The molecule has 2 aromatic carbocycles. The summed E-state index contributed by atoms with van der Waals surface area (Å²) in [5, 5.41) is 0. The Morgan fingerprint density at radius 1 is 1.05 bits per heavy atom. The Morgan fingerprint density at radius 3 is 2.30 bits per heavy atom. The zero-order chi connectivity index (χ0) is 14.4. The highest BCUT2D eigenvalue weighted by Gasteiger charge is 2.13. The van der Waals surface area contributed by atoms with Gasteiger partial charge in [-0.2, -0.15) is 0 Å². The van der Waals surface area contributed by atoms with Gasteiger partial charge >= 0.3 is 0 Å². The van der Waals surface area contributed by atoms with E-state index in [4.69, 9.17) is 9.47 Å². The molecule has 2 rings (SSSR count). The molecule has 0 saturated heterocycles. The number of rotatable bonds is 6. The Balaban J connectivity index is 1.96. The lowest BCUT2D eigenvalue weighted by atomic mass is 10.1. The Hall–Kier alpha value is -2.13. The lowest BCUT2D eigenvalue weighted by Gasteiger charge is -2.10. The van der Waals surface area contributed by atoms with Crippen LogP contribution in [0.15, 0.2) is 54.6 Å². The van der Waals surface area contributed by atoms with Gasteiger partial charge in [0.1, 0.15) is 18.5 Å². The van der Waals surface area contributed by atoms with Crippen LogP contribution in [0.5, 0.6) is 5.75 Å². The van der Waals surface area contributed by atoms with Gasteiger partial charge in [-0.15, -0.1) is 0 Å². The second-order valence-corrected chi connectivity index (χ2v) is 4.54. The number of benzene rings is 2. The summed E-state index contributed by atoms with van der Waals surface area (Å²) in [4.78, 5) is 11.9. The van der Waals surface area contributed by atoms with E-state index < -0.39 is 6.10 Å². The fourth-order valence-electron chi connectivity index (χ4n) is 1.80. The third-order valence-electron chi connectivity index (χ3n) is 3.11. The normalized spacial score (nSPS) is 11.9. The third-order valence-corrected chi connectivity index (χ3v) is 3.11. The number of methoxy groups -OCH3 is 1. The quantitative estimate of drug-likeness (QED) is 0.754. The van der Waals surface area contributed by atoms with Crippen molar-refractivity contribution in [3.05, 3.63) is 65.7 Å². The lowest BCUT2D eigenvalue weighted by molar-refractivity contribution is 0.0655. The molecular weight excluding hydrogens is 252 g/mol. The van der Waals surface area contributed by atoms with E-state index in [0.717, 1.165) is 11.3 Å². The largest absolute Gasteiger partial charge is 0.489 e. The summed E-state index contributed by atoms with van der Waals surface area (Å²) < 4.78 is 10.7. The van der Waals surface area contributed by atoms with E-state index in [0.29, 0.717) is 12.2 Å². The summed E-state index contributed by atoms with van der Waals surface area (Å²) in [6.45, 7) is 2.25. The van der Waals surface area contributed by atoms with Crippen molar-refractivity contribution >= 4 is 5.78 Å². The number of ether oxygens (including phenoxy) is 2. The average molecular weight is 270 g/mol.